The zero-order chi connectivity index (χ0) is 20.1. The molecular formula is C20H35IN4O2S. The zero-order valence-electron chi connectivity index (χ0n) is 17.7. The van der Waals surface area contributed by atoms with Crippen molar-refractivity contribution < 1.29 is 8.42 Å². The van der Waals surface area contributed by atoms with Gasteiger partial charge in [0.25, 0.3) is 0 Å². The van der Waals surface area contributed by atoms with Gasteiger partial charge in [-0.2, -0.15) is 0 Å². The number of sulfonamides is 1. The topological polar surface area (TPSA) is 73.8 Å². The molecule has 0 atom stereocenters. The molecule has 2 rings (SSSR count). The summed E-state index contributed by atoms with van der Waals surface area (Å²) in [5, 5.41) is 3.37. The third-order valence-electron chi connectivity index (χ3n) is 4.59. The van der Waals surface area contributed by atoms with Crippen molar-refractivity contribution in [3.05, 3.63) is 35.4 Å². The van der Waals surface area contributed by atoms with Gasteiger partial charge in [0.05, 0.1) is 12.3 Å². The Morgan fingerprint density at radius 2 is 1.89 bits per heavy atom. The van der Waals surface area contributed by atoms with Crippen LogP contribution in [0.4, 0.5) is 0 Å². The molecule has 0 unspecified atom stereocenters. The second kappa shape index (κ2) is 10.8. The molecule has 6 nitrogen and oxygen atoms in total. The van der Waals surface area contributed by atoms with Gasteiger partial charge in [-0.15, -0.1) is 24.0 Å². The van der Waals surface area contributed by atoms with Crippen molar-refractivity contribution >= 4 is 40.0 Å². The lowest BCUT2D eigenvalue weighted by molar-refractivity contribution is 0.370. The molecule has 0 amide bonds. The fourth-order valence-corrected chi connectivity index (χ4v) is 4.83. The van der Waals surface area contributed by atoms with E-state index >= 15 is 0 Å². The average Bonchev–Trinajstić information content (AvgIpc) is 2.91. The maximum absolute atomic E-state index is 12.3. The van der Waals surface area contributed by atoms with Gasteiger partial charge >= 0.3 is 0 Å². The van der Waals surface area contributed by atoms with Crippen LogP contribution in [0.5, 0.6) is 0 Å². The minimum atomic E-state index is -3.36. The van der Waals surface area contributed by atoms with Crippen molar-refractivity contribution in [1.82, 2.24) is 14.9 Å². The molecule has 1 saturated heterocycles. The van der Waals surface area contributed by atoms with E-state index in [1.165, 1.54) is 0 Å². The van der Waals surface area contributed by atoms with E-state index in [1.807, 2.05) is 38.1 Å². The maximum atomic E-state index is 12.3. The average molecular weight is 522 g/mol. The number of halogens is 1. The number of hydrogen-bond donors (Lipinski definition) is 2. The van der Waals surface area contributed by atoms with E-state index in [0.29, 0.717) is 12.0 Å². The fourth-order valence-electron chi connectivity index (χ4n) is 3.34. The maximum Gasteiger partial charge on any atom is 0.216 e. The van der Waals surface area contributed by atoms with Crippen LogP contribution >= 0.6 is 24.0 Å². The van der Waals surface area contributed by atoms with Gasteiger partial charge in [0.1, 0.15) is 0 Å². The Bertz CT molecular complexity index is 763. The number of benzene rings is 1. The molecule has 1 aliphatic heterocycles. The van der Waals surface area contributed by atoms with Crippen LogP contribution < -0.4 is 10.0 Å². The van der Waals surface area contributed by atoms with Gasteiger partial charge in [-0.25, -0.2) is 18.1 Å². The first-order valence-electron chi connectivity index (χ1n) is 9.72. The van der Waals surface area contributed by atoms with E-state index in [0.717, 1.165) is 43.1 Å². The Balaban J connectivity index is 0.00000392. The molecule has 8 heteroatoms. The monoisotopic (exact) mass is 522 g/mol. The highest BCUT2D eigenvalue weighted by atomic mass is 127. The number of guanidine groups is 1. The second-order valence-electron chi connectivity index (χ2n) is 8.31. The number of hydrogen-bond acceptors (Lipinski definition) is 3. The van der Waals surface area contributed by atoms with Crippen molar-refractivity contribution in [1.29, 1.82) is 0 Å². The first-order valence-corrected chi connectivity index (χ1v) is 11.4. The lowest BCUT2D eigenvalue weighted by atomic mass is 9.93. The van der Waals surface area contributed by atoms with Gasteiger partial charge in [-0.1, -0.05) is 38.1 Å². The van der Waals surface area contributed by atoms with Gasteiger partial charge in [0.2, 0.25) is 10.0 Å². The minimum absolute atomic E-state index is 0. The van der Waals surface area contributed by atoms with Crippen molar-refractivity contribution in [2.24, 2.45) is 10.4 Å². The van der Waals surface area contributed by atoms with Crippen LogP contribution in [0.25, 0.3) is 0 Å². The number of rotatable bonds is 7. The van der Waals surface area contributed by atoms with Crippen LogP contribution in [0.3, 0.4) is 0 Å². The van der Waals surface area contributed by atoms with Crippen LogP contribution in [0.2, 0.25) is 0 Å². The first kappa shape index (κ1) is 25.2. The van der Waals surface area contributed by atoms with E-state index in [4.69, 9.17) is 4.99 Å². The van der Waals surface area contributed by atoms with Gasteiger partial charge in [-0.05, 0) is 43.7 Å². The van der Waals surface area contributed by atoms with Crippen molar-refractivity contribution in [2.45, 2.75) is 59.4 Å². The molecule has 1 heterocycles. The summed E-state index contributed by atoms with van der Waals surface area (Å²) in [6, 6.07) is 7.53. The Kier molecular flexibility index (Phi) is 9.69. The number of nitrogens with one attached hydrogen (secondary N) is 2. The molecule has 28 heavy (non-hydrogen) atoms. The highest BCUT2D eigenvalue weighted by Crippen LogP contribution is 2.28. The van der Waals surface area contributed by atoms with Gasteiger partial charge in [0.15, 0.2) is 5.96 Å². The first-order chi connectivity index (χ1) is 12.6. The molecule has 0 aromatic heterocycles. The predicted octanol–water partition coefficient (Wildman–Crippen LogP) is 3.33. The largest absolute Gasteiger partial charge is 0.357 e. The molecule has 1 aromatic rings. The third kappa shape index (κ3) is 7.87. The molecule has 0 saturated carbocycles. The second-order valence-corrected chi connectivity index (χ2v) is 10.1. The predicted molar refractivity (Wildman–Crippen MR) is 128 cm³/mol. The van der Waals surface area contributed by atoms with E-state index in [1.54, 1.807) is 0 Å². The lowest BCUT2D eigenvalue weighted by Crippen LogP contribution is -2.40. The minimum Gasteiger partial charge on any atom is -0.357 e. The Labute approximate surface area is 187 Å². The molecule has 2 N–H and O–H groups in total. The highest BCUT2D eigenvalue weighted by Gasteiger charge is 2.30. The summed E-state index contributed by atoms with van der Waals surface area (Å²) in [5.41, 5.74) is 2.04. The van der Waals surface area contributed by atoms with Gasteiger partial charge in [-0.3, -0.25) is 0 Å². The SMILES string of the molecule is CCNC(=NCc1ccccc1CS(=O)(=O)NC(C)C)N1CCC(C)(C)C1.I. The summed E-state index contributed by atoms with van der Waals surface area (Å²) in [6.07, 6.45) is 1.15. The summed E-state index contributed by atoms with van der Waals surface area (Å²) in [5.74, 6) is 0.880. The summed E-state index contributed by atoms with van der Waals surface area (Å²) < 4.78 is 27.3. The van der Waals surface area contributed by atoms with Crippen LogP contribution in [0.1, 0.15) is 52.2 Å². The van der Waals surface area contributed by atoms with Gasteiger partial charge in [0, 0.05) is 25.7 Å². The Hall–Kier alpha value is -0.870. The summed E-state index contributed by atoms with van der Waals surface area (Å²) in [6.45, 7) is 13.5. The summed E-state index contributed by atoms with van der Waals surface area (Å²) in [7, 11) is -3.36. The standard InChI is InChI=1S/C20H34N4O2S.HI/c1-6-21-19(24-12-11-20(4,5)15-24)22-13-17-9-7-8-10-18(17)14-27(25,26)23-16(2)3;/h7-10,16,23H,6,11-15H2,1-5H3,(H,21,22);1H. The summed E-state index contributed by atoms with van der Waals surface area (Å²) >= 11 is 0. The molecular weight excluding hydrogens is 487 g/mol. The van der Waals surface area contributed by atoms with Crippen LogP contribution in [-0.4, -0.2) is 45.0 Å². The molecule has 0 radical (unpaired) electrons. The molecule has 0 aliphatic carbocycles. The fraction of sp³-hybridized carbons (Fsp3) is 0.650. The smallest absolute Gasteiger partial charge is 0.216 e. The van der Waals surface area contributed by atoms with Crippen LogP contribution in [-0.2, 0) is 22.3 Å². The van der Waals surface area contributed by atoms with Crippen molar-refractivity contribution in [2.75, 3.05) is 19.6 Å². The molecule has 1 fully saturated rings. The molecule has 0 bridgehead atoms. The number of nitrogens with zero attached hydrogens (tertiary/aromatic N) is 2. The lowest BCUT2D eigenvalue weighted by Gasteiger charge is -2.23. The Morgan fingerprint density at radius 3 is 2.43 bits per heavy atom. The van der Waals surface area contributed by atoms with Crippen LogP contribution in [0, 0.1) is 5.41 Å². The summed E-state index contributed by atoms with van der Waals surface area (Å²) in [4.78, 5) is 7.09. The molecule has 0 spiro atoms. The number of likely N-dealkylation sites (tertiary alicyclic amines) is 1. The Morgan fingerprint density at radius 1 is 1.25 bits per heavy atom. The van der Waals surface area contributed by atoms with Gasteiger partial charge < -0.3 is 10.2 Å². The van der Waals surface area contributed by atoms with E-state index < -0.39 is 10.0 Å². The zero-order valence-corrected chi connectivity index (χ0v) is 20.8. The molecule has 1 aromatic carbocycles. The normalized spacial score (nSPS) is 16.9. The van der Waals surface area contributed by atoms with Crippen molar-refractivity contribution in [3.8, 4) is 0 Å². The van der Waals surface area contributed by atoms with E-state index in [-0.39, 0.29) is 35.8 Å². The number of aliphatic imine (C=N–C) groups is 1. The molecule has 160 valence electrons. The highest BCUT2D eigenvalue weighted by molar-refractivity contribution is 14.0. The quantitative estimate of drug-likeness (QED) is 0.328. The van der Waals surface area contributed by atoms with E-state index in [9.17, 15) is 8.42 Å². The van der Waals surface area contributed by atoms with Crippen LogP contribution in [0.15, 0.2) is 29.3 Å². The third-order valence-corrected chi connectivity index (χ3v) is 6.11. The van der Waals surface area contributed by atoms with E-state index in [2.05, 4.69) is 35.7 Å². The molecule has 1 aliphatic rings. The van der Waals surface area contributed by atoms with Crippen molar-refractivity contribution in [3.63, 3.8) is 0 Å².